The molecule has 0 saturated carbocycles. The second-order valence-corrected chi connectivity index (χ2v) is 1.68. The van der Waals surface area contributed by atoms with Crippen molar-refractivity contribution in [2.45, 2.75) is 0 Å². The number of rotatable bonds is 4. The summed E-state index contributed by atoms with van der Waals surface area (Å²) in [6.07, 6.45) is 0. The van der Waals surface area contributed by atoms with Crippen molar-refractivity contribution in [3.63, 3.8) is 0 Å². The van der Waals surface area contributed by atoms with Gasteiger partial charge in [-0.25, -0.2) is 9.00 Å². The zero-order valence-corrected chi connectivity index (χ0v) is 5.05. The summed E-state index contributed by atoms with van der Waals surface area (Å²) < 4.78 is 17.6. The molecule has 0 fully saturated rings. The van der Waals surface area contributed by atoms with Crippen molar-refractivity contribution >= 4 is 17.2 Å². The zero-order valence-electron chi connectivity index (χ0n) is 4.23. The summed E-state index contributed by atoms with van der Waals surface area (Å²) in [6.45, 7) is -0.647. The van der Waals surface area contributed by atoms with Crippen molar-refractivity contribution in [2.24, 2.45) is 0 Å². The van der Waals surface area contributed by atoms with E-state index in [2.05, 4.69) is 4.84 Å². The summed E-state index contributed by atoms with van der Waals surface area (Å²) in [6, 6.07) is 0. The average molecular weight is 155 g/mol. The lowest BCUT2D eigenvalue weighted by Gasteiger charge is -1.94. The van der Waals surface area contributed by atoms with Gasteiger partial charge in [-0.15, -0.1) is 0 Å². The maximum atomic E-state index is 9.66. The molecule has 0 aliphatic carbocycles. The topological polar surface area (TPSA) is 95.9 Å². The summed E-state index contributed by atoms with van der Waals surface area (Å²) >= 11 is -2.32. The predicted molar refractivity (Wildman–Crippen MR) is 27.5 cm³/mol. The lowest BCUT2D eigenvalue weighted by Crippen LogP contribution is -2.21. The molecule has 0 aromatic carbocycles. The summed E-state index contributed by atoms with van der Waals surface area (Å²) in [7, 11) is 0. The standard InChI is InChI=1S/C2H5NO5S/c4-2(5)1-8-3-9(6)7/h3H,1H2,(H,4,5)(H,6,7). The Kier molecular flexibility index (Phi) is 4.14. The van der Waals surface area contributed by atoms with Crippen molar-refractivity contribution in [2.75, 3.05) is 6.61 Å². The summed E-state index contributed by atoms with van der Waals surface area (Å²) in [5.41, 5.74) is 0. The molecule has 6 nitrogen and oxygen atoms in total. The molecule has 0 aromatic heterocycles. The third-order valence-corrected chi connectivity index (χ3v) is 0.586. The average Bonchev–Trinajstić information content (AvgIpc) is 1.63. The fraction of sp³-hybridized carbons (Fsp3) is 0.500. The molecule has 0 radical (unpaired) electrons. The molecule has 0 rings (SSSR count). The molecule has 0 saturated heterocycles. The predicted octanol–water partition coefficient (Wildman–Crippen LogP) is -1.27. The first-order valence-electron chi connectivity index (χ1n) is 1.83. The van der Waals surface area contributed by atoms with Crippen LogP contribution in [-0.4, -0.2) is 26.4 Å². The Hall–Kier alpha value is -0.500. The third-order valence-electron chi connectivity index (χ3n) is 0.326. The number of hydrogen-bond acceptors (Lipinski definition) is 3. The fourth-order valence-corrected chi connectivity index (χ4v) is 0.301. The van der Waals surface area contributed by atoms with Crippen molar-refractivity contribution in [1.29, 1.82) is 0 Å². The normalized spacial score (nSPS) is 13.0. The van der Waals surface area contributed by atoms with E-state index in [0.717, 1.165) is 0 Å². The van der Waals surface area contributed by atoms with Crippen LogP contribution in [0.2, 0.25) is 0 Å². The van der Waals surface area contributed by atoms with Gasteiger partial charge in [0.1, 0.15) is 0 Å². The molecule has 0 spiro atoms. The van der Waals surface area contributed by atoms with E-state index in [1.54, 1.807) is 0 Å². The van der Waals surface area contributed by atoms with Crippen molar-refractivity contribution < 1.29 is 23.5 Å². The van der Waals surface area contributed by atoms with Crippen LogP contribution in [0.4, 0.5) is 0 Å². The number of carboxylic acids is 1. The van der Waals surface area contributed by atoms with E-state index < -0.39 is 23.8 Å². The van der Waals surface area contributed by atoms with Gasteiger partial charge in [0, 0.05) is 0 Å². The first-order valence-corrected chi connectivity index (χ1v) is 2.93. The molecule has 1 atom stereocenters. The number of carboxylic acid groups (broad SMARTS) is 1. The van der Waals surface area contributed by atoms with Crippen LogP contribution >= 0.6 is 0 Å². The summed E-state index contributed by atoms with van der Waals surface area (Å²) in [5, 5.41) is 7.88. The first kappa shape index (κ1) is 8.50. The number of aliphatic carboxylic acids is 1. The highest BCUT2D eigenvalue weighted by molar-refractivity contribution is 7.76. The second kappa shape index (κ2) is 4.39. The SMILES string of the molecule is O=C(O)CONS(=O)O. The van der Waals surface area contributed by atoms with Crippen LogP contribution in [0.3, 0.4) is 0 Å². The molecule has 0 heterocycles. The highest BCUT2D eigenvalue weighted by Crippen LogP contribution is 1.68. The molecule has 3 N–H and O–H groups in total. The fourth-order valence-electron chi connectivity index (χ4n) is 0.142. The first-order chi connectivity index (χ1) is 4.13. The van der Waals surface area contributed by atoms with E-state index >= 15 is 0 Å². The summed E-state index contributed by atoms with van der Waals surface area (Å²) in [5.74, 6) is -1.21. The molecular formula is C2H5NO5S. The Morgan fingerprint density at radius 1 is 1.78 bits per heavy atom. The van der Waals surface area contributed by atoms with E-state index in [0.29, 0.717) is 0 Å². The highest BCUT2D eigenvalue weighted by Gasteiger charge is 1.96. The van der Waals surface area contributed by atoms with E-state index in [9.17, 15) is 9.00 Å². The van der Waals surface area contributed by atoms with Gasteiger partial charge in [0.15, 0.2) is 6.61 Å². The van der Waals surface area contributed by atoms with Gasteiger partial charge in [0.25, 0.3) is 11.3 Å². The molecule has 9 heavy (non-hydrogen) atoms. The van der Waals surface area contributed by atoms with Gasteiger partial charge >= 0.3 is 5.97 Å². The third kappa shape index (κ3) is 7.50. The molecule has 0 amide bonds. The Bertz CT molecular complexity index is 110. The number of hydrogen-bond donors (Lipinski definition) is 3. The van der Waals surface area contributed by atoms with Crippen LogP contribution in [0.15, 0.2) is 0 Å². The Morgan fingerprint density at radius 2 is 2.33 bits per heavy atom. The molecule has 1 unspecified atom stereocenters. The van der Waals surface area contributed by atoms with Crippen LogP contribution in [0.5, 0.6) is 0 Å². The van der Waals surface area contributed by atoms with Gasteiger partial charge in [0.2, 0.25) is 0 Å². The van der Waals surface area contributed by atoms with Crippen LogP contribution < -0.4 is 4.89 Å². The lowest BCUT2D eigenvalue weighted by molar-refractivity contribution is -0.143. The molecule has 54 valence electrons. The number of nitrogens with one attached hydrogen (secondary N) is 1. The van der Waals surface area contributed by atoms with E-state index in [-0.39, 0.29) is 0 Å². The molecule has 0 bridgehead atoms. The lowest BCUT2D eigenvalue weighted by atomic mass is 10.8. The van der Waals surface area contributed by atoms with Gasteiger partial charge in [0.05, 0.1) is 0 Å². The highest BCUT2D eigenvalue weighted by atomic mass is 32.2. The molecule has 0 aliphatic heterocycles. The molecule has 0 aromatic rings. The minimum absolute atomic E-state index is 0.647. The Balaban J connectivity index is 3.10. The smallest absolute Gasteiger partial charge is 0.331 e. The van der Waals surface area contributed by atoms with Crippen LogP contribution in [-0.2, 0) is 20.9 Å². The monoisotopic (exact) mass is 155 g/mol. The Morgan fingerprint density at radius 3 is 2.67 bits per heavy atom. The molecule has 7 heteroatoms. The largest absolute Gasteiger partial charge is 0.479 e. The number of carbonyl (C=O) groups is 1. The second-order valence-electron chi connectivity index (χ2n) is 1.01. The van der Waals surface area contributed by atoms with E-state index in [4.69, 9.17) is 9.66 Å². The minimum Gasteiger partial charge on any atom is -0.479 e. The van der Waals surface area contributed by atoms with Gasteiger partial charge in [-0.3, -0.25) is 9.39 Å². The van der Waals surface area contributed by atoms with Gasteiger partial charge < -0.3 is 5.11 Å². The van der Waals surface area contributed by atoms with E-state index in [1.165, 1.54) is 4.89 Å². The van der Waals surface area contributed by atoms with Crippen LogP contribution in [0.1, 0.15) is 0 Å². The van der Waals surface area contributed by atoms with Gasteiger partial charge in [-0.1, -0.05) is 4.89 Å². The van der Waals surface area contributed by atoms with Gasteiger partial charge in [-0.05, 0) is 0 Å². The molecule has 0 aliphatic rings. The van der Waals surface area contributed by atoms with Gasteiger partial charge in [-0.2, -0.15) is 0 Å². The van der Waals surface area contributed by atoms with Crippen molar-refractivity contribution in [1.82, 2.24) is 4.89 Å². The van der Waals surface area contributed by atoms with Crippen LogP contribution in [0, 0.1) is 0 Å². The minimum atomic E-state index is -2.32. The van der Waals surface area contributed by atoms with Crippen molar-refractivity contribution in [3.8, 4) is 0 Å². The molecular weight excluding hydrogens is 150 g/mol. The van der Waals surface area contributed by atoms with Crippen molar-refractivity contribution in [3.05, 3.63) is 0 Å². The Labute approximate surface area is 53.2 Å². The zero-order chi connectivity index (χ0) is 7.28. The summed E-state index contributed by atoms with van der Waals surface area (Å²) in [4.78, 5) is 15.1. The quantitative estimate of drug-likeness (QED) is 0.347. The van der Waals surface area contributed by atoms with E-state index in [1.807, 2.05) is 0 Å². The van der Waals surface area contributed by atoms with Crippen LogP contribution in [0.25, 0.3) is 0 Å². The maximum Gasteiger partial charge on any atom is 0.331 e. The maximum absolute atomic E-state index is 9.66.